The molecule has 0 bridgehead atoms. The van der Waals surface area contributed by atoms with E-state index in [0.29, 0.717) is 18.1 Å². The molecule has 94 valence electrons. The van der Waals surface area contributed by atoms with Crippen LogP contribution < -0.4 is 11.3 Å². The zero-order valence-corrected chi connectivity index (χ0v) is 10.2. The van der Waals surface area contributed by atoms with Crippen LogP contribution in [0.4, 0.5) is 0 Å². The summed E-state index contributed by atoms with van der Waals surface area (Å²) in [5, 5.41) is 0. The maximum absolute atomic E-state index is 5.89. The highest BCUT2D eigenvalue weighted by Gasteiger charge is 2.40. The third-order valence-electron chi connectivity index (χ3n) is 3.77. The molecule has 2 rings (SSSR count). The van der Waals surface area contributed by atoms with Crippen molar-refractivity contribution < 1.29 is 9.47 Å². The van der Waals surface area contributed by atoms with E-state index >= 15 is 0 Å². The molecule has 1 heterocycles. The van der Waals surface area contributed by atoms with Gasteiger partial charge in [-0.1, -0.05) is 0 Å². The van der Waals surface area contributed by atoms with Gasteiger partial charge < -0.3 is 9.47 Å². The fourth-order valence-electron chi connectivity index (χ4n) is 2.72. The first-order valence-corrected chi connectivity index (χ1v) is 6.52. The third-order valence-corrected chi connectivity index (χ3v) is 3.77. The number of nitrogens with two attached hydrogens (primary N) is 1. The molecule has 0 aromatic rings. The van der Waals surface area contributed by atoms with Crippen LogP contribution in [0.3, 0.4) is 0 Å². The van der Waals surface area contributed by atoms with E-state index in [1.54, 1.807) is 0 Å². The summed E-state index contributed by atoms with van der Waals surface area (Å²) >= 11 is 0. The summed E-state index contributed by atoms with van der Waals surface area (Å²) in [4.78, 5) is 0. The standard InChI is InChI=1S/C12H24N2O2/c1-2-16-12(10-3-4-10)11(14-13)9-5-7-15-8-6-9/h9-12,14H,2-8,13H2,1H3. The summed E-state index contributed by atoms with van der Waals surface area (Å²) in [7, 11) is 0. The Balaban J connectivity index is 1.94. The van der Waals surface area contributed by atoms with E-state index < -0.39 is 0 Å². The predicted octanol–water partition coefficient (Wildman–Crippen LogP) is 1.06. The molecular weight excluding hydrogens is 204 g/mol. The molecule has 0 spiro atoms. The van der Waals surface area contributed by atoms with E-state index in [9.17, 15) is 0 Å². The molecular formula is C12H24N2O2. The van der Waals surface area contributed by atoms with Crippen LogP contribution in [-0.4, -0.2) is 32.0 Å². The van der Waals surface area contributed by atoms with Gasteiger partial charge in [0.05, 0.1) is 12.1 Å². The molecule has 16 heavy (non-hydrogen) atoms. The lowest BCUT2D eigenvalue weighted by Gasteiger charge is -2.35. The fraction of sp³-hybridized carbons (Fsp3) is 1.00. The van der Waals surface area contributed by atoms with Crippen LogP contribution in [-0.2, 0) is 9.47 Å². The number of rotatable bonds is 6. The number of hydrazine groups is 1. The van der Waals surface area contributed by atoms with Crippen LogP contribution in [0.25, 0.3) is 0 Å². The molecule has 1 saturated carbocycles. The van der Waals surface area contributed by atoms with Crippen molar-refractivity contribution in [2.45, 2.75) is 44.8 Å². The van der Waals surface area contributed by atoms with Gasteiger partial charge in [0.1, 0.15) is 0 Å². The molecule has 1 aliphatic carbocycles. The van der Waals surface area contributed by atoms with E-state index in [1.165, 1.54) is 12.8 Å². The zero-order valence-electron chi connectivity index (χ0n) is 10.2. The second-order valence-electron chi connectivity index (χ2n) is 4.90. The molecule has 0 aromatic heterocycles. The Morgan fingerprint density at radius 1 is 1.25 bits per heavy atom. The van der Waals surface area contributed by atoms with Gasteiger partial charge >= 0.3 is 0 Å². The molecule has 4 heteroatoms. The summed E-state index contributed by atoms with van der Waals surface area (Å²) in [6.45, 7) is 4.58. The minimum absolute atomic E-state index is 0.302. The first kappa shape index (κ1) is 12.3. The Kier molecular flexibility index (Phi) is 4.58. The van der Waals surface area contributed by atoms with Gasteiger partial charge in [-0.3, -0.25) is 11.3 Å². The third kappa shape index (κ3) is 2.94. The molecule has 1 saturated heterocycles. The van der Waals surface area contributed by atoms with Crippen molar-refractivity contribution in [1.82, 2.24) is 5.43 Å². The van der Waals surface area contributed by atoms with Gasteiger partial charge in [-0.05, 0) is 44.4 Å². The van der Waals surface area contributed by atoms with Crippen molar-refractivity contribution in [2.75, 3.05) is 19.8 Å². The van der Waals surface area contributed by atoms with E-state index in [-0.39, 0.29) is 0 Å². The summed E-state index contributed by atoms with van der Waals surface area (Å²) in [5.74, 6) is 7.06. The van der Waals surface area contributed by atoms with E-state index in [4.69, 9.17) is 15.3 Å². The molecule has 1 aliphatic heterocycles. The number of ether oxygens (including phenoxy) is 2. The maximum atomic E-state index is 5.89. The minimum atomic E-state index is 0.302. The highest BCUT2D eigenvalue weighted by atomic mass is 16.5. The van der Waals surface area contributed by atoms with Crippen LogP contribution in [0.5, 0.6) is 0 Å². The molecule has 2 aliphatic rings. The van der Waals surface area contributed by atoms with Gasteiger partial charge in [-0.15, -0.1) is 0 Å². The summed E-state index contributed by atoms with van der Waals surface area (Å²) in [5.41, 5.74) is 3.00. The van der Waals surface area contributed by atoms with Crippen molar-refractivity contribution in [1.29, 1.82) is 0 Å². The normalized spacial score (nSPS) is 26.6. The predicted molar refractivity (Wildman–Crippen MR) is 62.8 cm³/mol. The number of hydrogen-bond donors (Lipinski definition) is 2. The van der Waals surface area contributed by atoms with E-state index in [0.717, 1.165) is 38.6 Å². The van der Waals surface area contributed by atoms with E-state index in [1.807, 2.05) is 0 Å². The molecule has 0 aromatic carbocycles. The highest BCUT2D eigenvalue weighted by Crippen LogP contribution is 2.38. The largest absolute Gasteiger partial charge is 0.381 e. The average Bonchev–Trinajstić information content (AvgIpc) is 3.14. The van der Waals surface area contributed by atoms with Gasteiger partial charge in [-0.2, -0.15) is 0 Å². The lowest BCUT2D eigenvalue weighted by molar-refractivity contribution is -0.0224. The molecule has 0 amide bonds. The van der Waals surface area contributed by atoms with Crippen LogP contribution in [0, 0.1) is 11.8 Å². The van der Waals surface area contributed by atoms with Gasteiger partial charge in [0.2, 0.25) is 0 Å². The fourth-order valence-corrected chi connectivity index (χ4v) is 2.72. The monoisotopic (exact) mass is 228 g/mol. The Morgan fingerprint density at radius 2 is 1.94 bits per heavy atom. The molecule has 0 radical (unpaired) electrons. The average molecular weight is 228 g/mol. The van der Waals surface area contributed by atoms with Gasteiger partial charge in [0.25, 0.3) is 0 Å². The SMILES string of the molecule is CCOC(C1CC1)C(NN)C1CCOCC1. The zero-order chi connectivity index (χ0) is 11.4. The van der Waals surface area contributed by atoms with Crippen molar-refractivity contribution >= 4 is 0 Å². The minimum Gasteiger partial charge on any atom is -0.381 e. The van der Waals surface area contributed by atoms with Gasteiger partial charge in [0, 0.05) is 19.8 Å². The first-order valence-electron chi connectivity index (χ1n) is 6.52. The summed E-state index contributed by atoms with van der Waals surface area (Å²) in [6.07, 6.45) is 5.10. The Hall–Kier alpha value is -0.160. The molecule has 4 nitrogen and oxygen atoms in total. The van der Waals surface area contributed by atoms with Crippen LogP contribution in [0.1, 0.15) is 32.6 Å². The number of nitrogens with one attached hydrogen (secondary N) is 1. The summed E-state index contributed by atoms with van der Waals surface area (Å²) in [6, 6.07) is 0.302. The molecule has 2 atom stereocenters. The molecule has 3 N–H and O–H groups in total. The first-order chi connectivity index (χ1) is 7.86. The quantitative estimate of drug-likeness (QED) is 0.527. The van der Waals surface area contributed by atoms with Crippen molar-refractivity contribution in [3.8, 4) is 0 Å². The summed E-state index contributed by atoms with van der Waals surface area (Å²) < 4.78 is 11.3. The van der Waals surface area contributed by atoms with Crippen LogP contribution >= 0.6 is 0 Å². The second-order valence-corrected chi connectivity index (χ2v) is 4.90. The van der Waals surface area contributed by atoms with Gasteiger partial charge in [0.15, 0.2) is 0 Å². The van der Waals surface area contributed by atoms with Crippen LogP contribution in [0.15, 0.2) is 0 Å². The van der Waals surface area contributed by atoms with Crippen molar-refractivity contribution in [3.05, 3.63) is 0 Å². The van der Waals surface area contributed by atoms with Crippen molar-refractivity contribution in [3.63, 3.8) is 0 Å². The van der Waals surface area contributed by atoms with Gasteiger partial charge in [-0.25, -0.2) is 0 Å². The van der Waals surface area contributed by atoms with Crippen LogP contribution in [0.2, 0.25) is 0 Å². The second kappa shape index (κ2) is 5.96. The van der Waals surface area contributed by atoms with E-state index in [2.05, 4.69) is 12.3 Å². The molecule has 2 unspecified atom stereocenters. The Bertz CT molecular complexity index is 203. The lowest BCUT2D eigenvalue weighted by Crippen LogP contribution is -2.52. The Labute approximate surface area is 97.8 Å². The smallest absolute Gasteiger partial charge is 0.0772 e. The highest BCUT2D eigenvalue weighted by molar-refractivity contribution is 4.93. The Morgan fingerprint density at radius 3 is 2.44 bits per heavy atom. The topological polar surface area (TPSA) is 56.5 Å². The lowest BCUT2D eigenvalue weighted by atomic mass is 9.87. The van der Waals surface area contributed by atoms with Crippen molar-refractivity contribution in [2.24, 2.45) is 17.7 Å². The number of hydrogen-bond acceptors (Lipinski definition) is 4. The maximum Gasteiger partial charge on any atom is 0.0772 e. The molecule has 2 fully saturated rings.